The standard InChI is InChI=1S/C22H23FN4O3/c1-13(2)30-22(29)27-6-5-15(12-27)14-3-4-19-16(7-14)8-20(26-19)21(28)25-18-9-17(23)10-24-11-18/h3-4,7-11,13,15,26H,5-6,12H2,1-2H3,(H,25,28). The van der Waals surface area contributed by atoms with Gasteiger partial charge in [-0.15, -0.1) is 0 Å². The molecule has 7 nitrogen and oxygen atoms in total. The molecular formula is C22H23FN4O3. The van der Waals surface area contributed by atoms with E-state index in [-0.39, 0.29) is 24.0 Å². The van der Waals surface area contributed by atoms with Crippen LogP contribution in [0.4, 0.5) is 14.9 Å². The van der Waals surface area contributed by atoms with Gasteiger partial charge in [0.05, 0.1) is 24.2 Å². The van der Waals surface area contributed by atoms with Gasteiger partial charge in [-0.05, 0) is 44.0 Å². The number of H-pyrrole nitrogens is 1. The topological polar surface area (TPSA) is 87.3 Å². The molecule has 1 unspecified atom stereocenters. The molecular weight excluding hydrogens is 387 g/mol. The number of likely N-dealkylation sites (tertiary alicyclic amines) is 1. The molecule has 1 fully saturated rings. The Hall–Kier alpha value is -3.42. The molecule has 8 heteroatoms. The predicted octanol–water partition coefficient (Wildman–Crippen LogP) is 4.29. The van der Waals surface area contributed by atoms with Crippen LogP contribution in [0.2, 0.25) is 0 Å². The van der Waals surface area contributed by atoms with E-state index in [0.29, 0.717) is 24.5 Å². The molecule has 1 saturated heterocycles. The minimum atomic E-state index is -0.517. The largest absolute Gasteiger partial charge is 0.447 e. The van der Waals surface area contributed by atoms with Crippen molar-refractivity contribution in [3.63, 3.8) is 0 Å². The van der Waals surface area contributed by atoms with Crippen LogP contribution in [0.15, 0.2) is 42.7 Å². The first kappa shape index (κ1) is 19.9. The van der Waals surface area contributed by atoms with Crippen molar-refractivity contribution in [1.29, 1.82) is 0 Å². The first-order valence-electron chi connectivity index (χ1n) is 9.89. The number of pyridine rings is 1. The fourth-order valence-corrected chi connectivity index (χ4v) is 3.68. The Kier molecular flexibility index (Phi) is 5.39. The van der Waals surface area contributed by atoms with E-state index in [1.165, 1.54) is 12.3 Å². The van der Waals surface area contributed by atoms with Gasteiger partial charge in [-0.3, -0.25) is 9.78 Å². The van der Waals surface area contributed by atoms with Crippen molar-refractivity contribution in [3.05, 3.63) is 59.8 Å². The van der Waals surface area contributed by atoms with Gasteiger partial charge in [0.1, 0.15) is 11.5 Å². The Balaban J connectivity index is 1.47. The summed E-state index contributed by atoms with van der Waals surface area (Å²) in [5.41, 5.74) is 2.61. The maximum Gasteiger partial charge on any atom is 0.410 e. The molecule has 156 valence electrons. The van der Waals surface area contributed by atoms with E-state index in [4.69, 9.17) is 4.74 Å². The lowest BCUT2D eigenvalue weighted by atomic mass is 9.97. The van der Waals surface area contributed by atoms with Crippen molar-refractivity contribution in [2.45, 2.75) is 32.3 Å². The molecule has 1 aliphatic rings. The molecule has 1 atom stereocenters. The Bertz CT molecular complexity index is 1090. The van der Waals surface area contributed by atoms with Crippen LogP contribution >= 0.6 is 0 Å². The number of fused-ring (bicyclic) bond motifs is 1. The number of amides is 2. The predicted molar refractivity (Wildman–Crippen MR) is 111 cm³/mol. The number of benzene rings is 1. The van der Waals surface area contributed by atoms with Crippen molar-refractivity contribution in [2.24, 2.45) is 0 Å². The van der Waals surface area contributed by atoms with Gasteiger partial charge in [0.25, 0.3) is 5.91 Å². The molecule has 2 aromatic heterocycles. The molecule has 2 amide bonds. The fourth-order valence-electron chi connectivity index (χ4n) is 3.68. The Labute approximate surface area is 173 Å². The molecule has 2 N–H and O–H groups in total. The third-order valence-electron chi connectivity index (χ3n) is 5.11. The monoisotopic (exact) mass is 410 g/mol. The third-order valence-corrected chi connectivity index (χ3v) is 5.11. The molecule has 0 bridgehead atoms. The first-order chi connectivity index (χ1) is 14.4. The molecule has 4 rings (SSSR count). The second-order valence-electron chi connectivity index (χ2n) is 7.74. The zero-order chi connectivity index (χ0) is 21.3. The average molecular weight is 410 g/mol. The lowest BCUT2D eigenvalue weighted by Gasteiger charge is -2.18. The summed E-state index contributed by atoms with van der Waals surface area (Å²) < 4.78 is 18.5. The Morgan fingerprint density at radius 2 is 2.10 bits per heavy atom. The molecule has 30 heavy (non-hydrogen) atoms. The van der Waals surface area contributed by atoms with Crippen LogP contribution in [0.25, 0.3) is 10.9 Å². The van der Waals surface area contributed by atoms with Crippen LogP contribution in [0.3, 0.4) is 0 Å². The SMILES string of the molecule is CC(C)OC(=O)N1CCC(c2ccc3[nH]c(C(=O)Nc4cncc(F)c4)cc3c2)C1. The normalized spacial score (nSPS) is 16.3. The highest BCUT2D eigenvalue weighted by molar-refractivity contribution is 6.05. The molecule has 0 radical (unpaired) electrons. The van der Waals surface area contributed by atoms with Gasteiger partial charge >= 0.3 is 6.09 Å². The maximum atomic E-state index is 13.3. The van der Waals surface area contributed by atoms with E-state index in [0.717, 1.165) is 29.1 Å². The smallest absolute Gasteiger partial charge is 0.410 e. The van der Waals surface area contributed by atoms with Gasteiger partial charge in [-0.25, -0.2) is 9.18 Å². The van der Waals surface area contributed by atoms with Gasteiger partial charge < -0.3 is 19.9 Å². The molecule has 0 spiro atoms. The zero-order valence-corrected chi connectivity index (χ0v) is 16.8. The molecule has 0 aliphatic carbocycles. The first-order valence-corrected chi connectivity index (χ1v) is 9.89. The summed E-state index contributed by atoms with van der Waals surface area (Å²) in [7, 11) is 0. The second kappa shape index (κ2) is 8.14. The molecule has 3 heterocycles. The summed E-state index contributed by atoms with van der Waals surface area (Å²) >= 11 is 0. The minimum absolute atomic E-state index is 0.138. The summed E-state index contributed by atoms with van der Waals surface area (Å²) in [5.74, 6) is -0.666. The Morgan fingerprint density at radius 3 is 2.87 bits per heavy atom. The number of nitrogens with zero attached hydrogens (tertiary/aromatic N) is 2. The number of carbonyl (C=O) groups is 2. The summed E-state index contributed by atoms with van der Waals surface area (Å²) in [5, 5.41) is 3.53. The van der Waals surface area contributed by atoms with E-state index >= 15 is 0 Å². The van der Waals surface area contributed by atoms with Crippen LogP contribution in [0.1, 0.15) is 42.2 Å². The minimum Gasteiger partial charge on any atom is -0.447 e. The van der Waals surface area contributed by atoms with Gasteiger partial charge in [0.15, 0.2) is 0 Å². The number of rotatable bonds is 4. The van der Waals surface area contributed by atoms with Crippen LogP contribution in [0, 0.1) is 5.82 Å². The van der Waals surface area contributed by atoms with Gasteiger partial charge in [-0.2, -0.15) is 0 Å². The van der Waals surface area contributed by atoms with Crippen molar-refractivity contribution in [1.82, 2.24) is 14.9 Å². The second-order valence-corrected chi connectivity index (χ2v) is 7.74. The zero-order valence-electron chi connectivity index (χ0n) is 16.8. The molecule has 1 aliphatic heterocycles. The van der Waals surface area contributed by atoms with E-state index in [9.17, 15) is 14.0 Å². The highest BCUT2D eigenvalue weighted by Gasteiger charge is 2.29. The number of anilines is 1. The van der Waals surface area contributed by atoms with Crippen LogP contribution in [-0.4, -0.2) is 46.1 Å². The fraction of sp³-hybridized carbons (Fsp3) is 0.318. The summed E-state index contributed by atoms with van der Waals surface area (Å²) in [6, 6.07) is 8.95. The van der Waals surface area contributed by atoms with Crippen LogP contribution in [-0.2, 0) is 4.74 Å². The third kappa shape index (κ3) is 4.27. The quantitative estimate of drug-likeness (QED) is 0.672. The number of ether oxygens (including phenoxy) is 1. The molecule has 1 aromatic carbocycles. The number of hydrogen-bond donors (Lipinski definition) is 2. The van der Waals surface area contributed by atoms with Gasteiger partial charge in [0, 0.05) is 36.0 Å². The van der Waals surface area contributed by atoms with E-state index in [1.54, 1.807) is 11.0 Å². The highest BCUT2D eigenvalue weighted by atomic mass is 19.1. The lowest BCUT2D eigenvalue weighted by Crippen LogP contribution is -2.30. The maximum absolute atomic E-state index is 13.3. The molecule has 0 saturated carbocycles. The average Bonchev–Trinajstić information content (AvgIpc) is 3.34. The van der Waals surface area contributed by atoms with Crippen molar-refractivity contribution in [3.8, 4) is 0 Å². The van der Waals surface area contributed by atoms with Crippen molar-refractivity contribution < 1.29 is 18.7 Å². The summed E-state index contributed by atoms with van der Waals surface area (Å²) in [6.45, 7) is 4.95. The van der Waals surface area contributed by atoms with Crippen LogP contribution < -0.4 is 5.32 Å². The summed E-state index contributed by atoms with van der Waals surface area (Å²) in [6.07, 6.45) is 2.91. The molecule has 3 aromatic rings. The number of nitrogens with one attached hydrogen (secondary N) is 2. The number of aromatic nitrogens is 2. The summed E-state index contributed by atoms with van der Waals surface area (Å²) in [4.78, 5) is 33.2. The van der Waals surface area contributed by atoms with E-state index in [2.05, 4.69) is 15.3 Å². The van der Waals surface area contributed by atoms with E-state index < -0.39 is 5.82 Å². The lowest BCUT2D eigenvalue weighted by molar-refractivity contribution is 0.0832. The van der Waals surface area contributed by atoms with Crippen molar-refractivity contribution >= 4 is 28.6 Å². The van der Waals surface area contributed by atoms with Crippen LogP contribution in [0.5, 0.6) is 0 Å². The van der Waals surface area contributed by atoms with E-state index in [1.807, 2.05) is 32.0 Å². The number of hydrogen-bond acceptors (Lipinski definition) is 4. The number of aromatic amines is 1. The highest BCUT2D eigenvalue weighted by Crippen LogP contribution is 2.30. The Morgan fingerprint density at radius 1 is 1.27 bits per heavy atom. The number of halogens is 1. The van der Waals surface area contributed by atoms with Crippen molar-refractivity contribution in [2.75, 3.05) is 18.4 Å². The van der Waals surface area contributed by atoms with Gasteiger partial charge in [0.2, 0.25) is 0 Å². The number of carbonyl (C=O) groups excluding carboxylic acids is 2. The van der Waals surface area contributed by atoms with Gasteiger partial charge in [-0.1, -0.05) is 6.07 Å².